The number of amides is 1. The molecule has 3 nitrogen and oxygen atoms in total. The van der Waals surface area contributed by atoms with Crippen molar-refractivity contribution in [2.45, 2.75) is 13.3 Å². The minimum absolute atomic E-state index is 0.107. The average molecular weight is 351 g/mol. The van der Waals surface area contributed by atoms with E-state index in [9.17, 15) is 9.18 Å². The topological polar surface area (TPSA) is 41.1 Å². The van der Waals surface area contributed by atoms with Gasteiger partial charge >= 0.3 is 0 Å². The minimum Gasteiger partial charge on any atom is -0.382 e. The number of hydrogen-bond acceptors (Lipinski definition) is 2. The van der Waals surface area contributed by atoms with Crippen LogP contribution in [0.15, 0.2) is 46.9 Å². The molecule has 0 atom stereocenters. The number of halogens is 2. The van der Waals surface area contributed by atoms with Gasteiger partial charge in [-0.25, -0.2) is 4.39 Å². The molecule has 5 heteroatoms. The molecule has 0 radical (unpaired) electrons. The van der Waals surface area contributed by atoms with E-state index in [4.69, 9.17) is 0 Å². The molecule has 0 spiro atoms. The summed E-state index contributed by atoms with van der Waals surface area (Å²) in [4.78, 5) is 11.9. The van der Waals surface area contributed by atoms with Gasteiger partial charge in [-0.3, -0.25) is 4.79 Å². The number of aryl methyl sites for hydroxylation is 1. The number of carbonyl (C=O) groups excluding carboxylic acids is 1. The third-order valence-corrected chi connectivity index (χ3v) is 3.50. The maximum absolute atomic E-state index is 13.4. The highest BCUT2D eigenvalue weighted by molar-refractivity contribution is 9.10. The van der Waals surface area contributed by atoms with Gasteiger partial charge in [-0.1, -0.05) is 28.1 Å². The highest BCUT2D eigenvalue weighted by Crippen LogP contribution is 2.20. The standard InChI is InChI=1S/C16H16BrFN2O/c1-11-10-12(17)6-7-14(11)20-16(21)8-9-19-15-5-3-2-4-13(15)18/h2-7,10,19H,8-9H2,1H3,(H,20,21). The lowest BCUT2D eigenvalue weighted by molar-refractivity contribution is -0.115. The van der Waals surface area contributed by atoms with Crippen molar-refractivity contribution in [1.82, 2.24) is 0 Å². The van der Waals surface area contributed by atoms with Crippen molar-refractivity contribution in [2.24, 2.45) is 0 Å². The lowest BCUT2D eigenvalue weighted by Gasteiger charge is -2.10. The molecule has 0 heterocycles. The molecule has 0 aliphatic heterocycles. The number of rotatable bonds is 5. The van der Waals surface area contributed by atoms with Crippen LogP contribution in [-0.2, 0) is 4.79 Å². The summed E-state index contributed by atoms with van der Waals surface area (Å²) < 4.78 is 14.4. The third kappa shape index (κ3) is 4.56. The van der Waals surface area contributed by atoms with E-state index in [1.807, 2.05) is 25.1 Å². The second kappa shape index (κ2) is 7.22. The Morgan fingerprint density at radius 2 is 1.95 bits per heavy atom. The number of carbonyl (C=O) groups is 1. The zero-order valence-electron chi connectivity index (χ0n) is 11.6. The molecule has 2 N–H and O–H groups in total. The molecular weight excluding hydrogens is 335 g/mol. The number of para-hydroxylation sites is 1. The Balaban J connectivity index is 1.84. The lowest BCUT2D eigenvalue weighted by Crippen LogP contribution is -2.17. The van der Waals surface area contributed by atoms with Crippen LogP contribution in [0.4, 0.5) is 15.8 Å². The minimum atomic E-state index is -0.318. The van der Waals surface area contributed by atoms with Crippen LogP contribution in [0.5, 0.6) is 0 Å². The number of anilines is 2. The van der Waals surface area contributed by atoms with Crippen molar-refractivity contribution in [3.8, 4) is 0 Å². The second-order valence-electron chi connectivity index (χ2n) is 4.66. The molecule has 0 fully saturated rings. The summed E-state index contributed by atoms with van der Waals surface area (Å²) in [7, 11) is 0. The van der Waals surface area contributed by atoms with E-state index in [1.54, 1.807) is 18.2 Å². The van der Waals surface area contributed by atoms with E-state index < -0.39 is 0 Å². The van der Waals surface area contributed by atoms with E-state index in [2.05, 4.69) is 26.6 Å². The quantitative estimate of drug-likeness (QED) is 0.842. The predicted octanol–water partition coefficient (Wildman–Crippen LogP) is 4.34. The molecular formula is C16H16BrFN2O. The lowest BCUT2D eigenvalue weighted by atomic mass is 10.2. The van der Waals surface area contributed by atoms with Crippen LogP contribution in [0.3, 0.4) is 0 Å². The largest absolute Gasteiger partial charge is 0.382 e. The van der Waals surface area contributed by atoms with Crippen LogP contribution in [0, 0.1) is 12.7 Å². The molecule has 0 saturated heterocycles. The van der Waals surface area contributed by atoms with Gasteiger partial charge in [-0.05, 0) is 42.8 Å². The zero-order valence-corrected chi connectivity index (χ0v) is 13.2. The van der Waals surface area contributed by atoms with E-state index in [0.29, 0.717) is 12.2 Å². The number of nitrogens with one attached hydrogen (secondary N) is 2. The Bertz CT molecular complexity index is 646. The molecule has 0 aliphatic rings. The van der Waals surface area contributed by atoms with E-state index in [1.165, 1.54) is 6.07 Å². The maximum atomic E-state index is 13.4. The molecule has 110 valence electrons. The monoisotopic (exact) mass is 350 g/mol. The number of hydrogen-bond donors (Lipinski definition) is 2. The van der Waals surface area contributed by atoms with Gasteiger partial charge in [0.1, 0.15) is 5.82 Å². The Morgan fingerprint density at radius 3 is 2.67 bits per heavy atom. The normalized spacial score (nSPS) is 10.2. The fourth-order valence-electron chi connectivity index (χ4n) is 1.90. The highest BCUT2D eigenvalue weighted by atomic mass is 79.9. The van der Waals surface area contributed by atoms with Crippen molar-refractivity contribution < 1.29 is 9.18 Å². The summed E-state index contributed by atoms with van der Waals surface area (Å²) in [6.07, 6.45) is 0.268. The fraction of sp³-hybridized carbons (Fsp3) is 0.188. The van der Waals surface area contributed by atoms with E-state index in [0.717, 1.165) is 15.7 Å². The first-order valence-electron chi connectivity index (χ1n) is 6.60. The van der Waals surface area contributed by atoms with E-state index in [-0.39, 0.29) is 18.1 Å². The van der Waals surface area contributed by atoms with Crippen LogP contribution < -0.4 is 10.6 Å². The molecule has 0 bridgehead atoms. The van der Waals surface area contributed by atoms with Crippen molar-refractivity contribution in [2.75, 3.05) is 17.2 Å². The summed E-state index contributed by atoms with van der Waals surface area (Å²) in [5.74, 6) is -0.425. The Kier molecular flexibility index (Phi) is 5.33. The molecule has 2 aromatic rings. The van der Waals surface area contributed by atoms with Gasteiger partial charge in [-0.15, -0.1) is 0 Å². The molecule has 0 aromatic heterocycles. The Labute approximate surface area is 131 Å². The van der Waals surface area contributed by atoms with Crippen LogP contribution in [0.25, 0.3) is 0 Å². The molecule has 0 unspecified atom stereocenters. The zero-order chi connectivity index (χ0) is 15.2. The summed E-state index contributed by atoms with van der Waals surface area (Å²) in [6, 6.07) is 12.1. The Morgan fingerprint density at radius 1 is 1.19 bits per heavy atom. The first-order valence-corrected chi connectivity index (χ1v) is 7.40. The van der Waals surface area contributed by atoms with Crippen LogP contribution in [0.2, 0.25) is 0 Å². The van der Waals surface area contributed by atoms with Gasteiger partial charge in [0.2, 0.25) is 5.91 Å². The molecule has 0 aliphatic carbocycles. The van der Waals surface area contributed by atoms with Crippen molar-refractivity contribution >= 4 is 33.2 Å². The van der Waals surface area contributed by atoms with Gasteiger partial charge in [0.05, 0.1) is 5.69 Å². The maximum Gasteiger partial charge on any atom is 0.226 e. The molecule has 1 amide bonds. The fourth-order valence-corrected chi connectivity index (χ4v) is 2.37. The van der Waals surface area contributed by atoms with Crippen molar-refractivity contribution in [3.63, 3.8) is 0 Å². The summed E-state index contributed by atoms with van der Waals surface area (Å²) in [6.45, 7) is 2.31. The first-order chi connectivity index (χ1) is 10.1. The van der Waals surface area contributed by atoms with Gasteiger partial charge < -0.3 is 10.6 Å². The highest BCUT2D eigenvalue weighted by Gasteiger charge is 2.06. The van der Waals surface area contributed by atoms with Crippen LogP contribution in [-0.4, -0.2) is 12.5 Å². The second-order valence-corrected chi connectivity index (χ2v) is 5.58. The van der Waals surface area contributed by atoms with Crippen molar-refractivity contribution in [3.05, 3.63) is 58.3 Å². The smallest absolute Gasteiger partial charge is 0.226 e. The van der Waals surface area contributed by atoms with Gasteiger partial charge in [0, 0.05) is 23.1 Å². The Hall–Kier alpha value is -1.88. The number of benzene rings is 2. The summed E-state index contributed by atoms with van der Waals surface area (Å²) in [5.41, 5.74) is 2.18. The SMILES string of the molecule is Cc1cc(Br)ccc1NC(=O)CCNc1ccccc1F. The summed E-state index contributed by atoms with van der Waals surface area (Å²) in [5, 5.41) is 5.75. The summed E-state index contributed by atoms with van der Waals surface area (Å²) >= 11 is 3.38. The molecule has 0 saturated carbocycles. The van der Waals surface area contributed by atoms with Gasteiger partial charge in [-0.2, -0.15) is 0 Å². The van der Waals surface area contributed by atoms with Gasteiger partial charge in [0.15, 0.2) is 0 Å². The average Bonchev–Trinajstić information content (AvgIpc) is 2.44. The van der Waals surface area contributed by atoms with Crippen LogP contribution in [0.1, 0.15) is 12.0 Å². The van der Waals surface area contributed by atoms with Crippen LogP contribution >= 0.6 is 15.9 Å². The predicted molar refractivity (Wildman–Crippen MR) is 87.0 cm³/mol. The molecule has 21 heavy (non-hydrogen) atoms. The van der Waals surface area contributed by atoms with Gasteiger partial charge in [0.25, 0.3) is 0 Å². The molecule has 2 aromatic carbocycles. The first kappa shape index (κ1) is 15.5. The third-order valence-electron chi connectivity index (χ3n) is 3.00. The van der Waals surface area contributed by atoms with Crippen molar-refractivity contribution in [1.29, 1.82) is 0 Å². The molecule has 2 rings (SSSR count). The van der Waals surface area contributed by atoms with E-state index >= 15 is 0 Å².